The van der Waals surface area contributed by atoms with E-state index in [4.69, 9.17) is 0 Å². The second kappa shape index (κ2) is 9.22. The summed E-state index contributed by atoms with van der Waals surface area (Å²) in [5.74, 6) is -2.92. The van der Waals surface area contributed by atoms with Crippen LogP contribution in [0.25, 0.3) is 0 Å². The molecule has 3 rings (SSSR count). The lowest BCUT2D eigenvalue weighted by Gasteiger charge is -2.31. The molecular formula is C22H24F2N4O3. The van der Waals surface area contributed by atoms with Gasteiger partial charge in [0.05, 0.1) is 24.0 Å². The second-order valence-electron chi connectivity index (χ2n) is 7.56. The Hall–Kier alpha value is -3.33. The summed E-state index contributed by atoms with van der Waals surface area (Å²) in [5, 5.41) is 5.03. The van der Waals surface area contributed by atoms with E-state index in [9.17, 15) is 23.2 Å². The Morgan fingerprint density at radius 2 is 1.84 bits per heavy atom. The summed E-state index contributed by atoms with van der Waals surface area (Å²) < 4.78 is 27.6. The molecule has 7 nitrogen and oxygen atoms in total. The van der Waals surface area contributed by atoms with Gasteiger partial charge in [0.1, 0.15) is 17.3 Å². The van der Waals surface area contributed by atoms with Crippen LogP contribution in [0.4, 0.5) is 25.8 Å². The Morgan fingerprint density at radius 3 is 2.52 bits per heavy atom. The molecule has 1 aliphatic heterocycles. The van der Waals surface area contributed by atoms with Crippen molar-refractivity contribution >= 4 is 34.8 Å². The van der Waals surface area contributed by atoms with Crippen molar-refractivity contribution in [3.05, 3.63) is 54.1 Å². The third-order valence-electron chi connectivity index (χ3n) is 5.26. The number of nitrogens with one attached hydrogen (secondary N) is 2. The van der Waals surface area contributed by atoms with Gasteiger partial charge in [-0.2, -0.15) is 0 Å². The molecule has 0 saturated carbocycles. The Kier molecular flexibility index (Phi) is 6.65. The Bertz CT molecular complexity index is 994. The van der Waals surface area contributed by atoms with Gasteiger partial charge in [-0.05, 0) is 45.2 Å². The molecule has 0 bridgehead atoms. The van der Waals surface area contributed by atoms with Crippen LogP contribution in [0.3, 0.4) is 0 Å². The van der Waals surface area contributed by atoms with Gasteiger partial charge in [0.15, 0.2) is 0 Å². The van der Waals surface area contributed by atoms with Crippen molar-refractivity contribution < 1.29 is 23.2 Å². The molecule has 0 aromatic heterocycles. The molecule has 1 aliphatic rings. The van der Waals surface area contributed by atoms with Crippen LogP contribution in [0, 0.1) is 11.6 Å². The number of carbonyl (C=O) groups excluding carboxylic acids is 3. The molecule has 0 radical (unpaired) electrons. The van der Waals surface area contributed by atoms with E-state index in [1.165, 1.54) is 22.8 Å². The van der Waals surface area contributed by atoms with E-state index >= 15 is 0 Å². The standard InChI is InChI=1S/C22H24F2N4O3/c1-13-11-19(29)25-17-9-4-5-10-18(17)28(13)20(30)12-27(3)14(2)22(31)26-21-15(23)7-6-8-16(21)24/h4-10,13-14H,11-12H2,1-3H3,(H,25,29)(H,26,31). The van der Waals surface area contributed by atoms with Crippen LogP contribution < -0.4 is 15.5 Å². The van der Waals surface area contributed by atoms with E-state index in [-0.39, 0.29) is 30.8 Å². The third kappa shape index (κ3) is 4.88. The molecule has 9 heteroatoms. The number of hydrogen-bond donors (Lipinski definition) is 2. The number of carbonyl (C=O) groups is 3. The van der Waals surface area contributed by atoms with Gasteiger partial charge >= 0.3 is 0 Å². The predicted molar refractivity (Wildman–Crippen MR) is 114 cm³/mol. The first kappa shape index (κ1) is 22.4. The quantitative estimate of drug-likeness (QED) is 0.764. The maximum atomic E-state index is 13.8. The van der Waals surface area contributed by atoms with Crippen LogP contribution >= 0.6 is 0 Å². The van der Waals surface area contributed by atoms with Crippen LogP contribution in [0.15, 0.2) is 42.5 Å². The highest BCUT2D eigenvalue weighted by atomic mass is 19.1. The number of fused-ring (bicyclic) bond motifs is 1. The normalized spacial score (nSPS) is 16.9. The van der Waals surface area contributed by atoms with Gasteiger partial charge < -0.3 is 15.5 Å². The van der Waals surface area contributed by atoms with Crippen LogP contribution in [-0.4, -0.2) is 48.3 Å². The fourth-order valence-corrected chi connectivity index (χ4v) is 3.44. The minimum atomic E-state index is -0.883. The van der Waals surface area contributed by atoms with Crippen molar-refractivity contribution in [3.8, 4) is 0 Å². The van der Waals surface area contributed by atoms with Crippen molar-refractivity contribution in [1.82, 2.24) is 4.90 Å². The summed E-state index contributed by atoms with van der Waals surface area (Å²) in [6.07, 6.45) is 0.132. The average Bonchev–Trinajstić information content (AvgIpc) is 2.84. The number of hydrogen-bond acceptors (Lipinski definition) is 4. The molecule has 0 spiro atoms. The highest BCUT2D eigenvalue weighted by molar-refractivity contribution is 6.05. The van der Waals surface area contributed by atoms with Gasteiger partial charge in [0.25, 0.3) is 0 Å². The number of para-hydroxylation sites is 3. The molecule has 0 fully saturated rings. The zero-order chi connectivity index (χ0) is 22.7. The van der Waals surface area contributed by atoms with E-state index < -0.39 is 29.3 Å². The molecule has 2 unspecified atom stereocenters. The smallest absolute Gasteiger partial charge is 0.241 e. The number of anilines is 3. The number of nitrogens with zero attached hydrogens (tertiary/aromatic N) is 2. The first-order chi connectivity index (χ1) is 14.7. The van der Waals surface area contributed by atoms with Gasteiger partial charge in [-0.25, -0.2) is 8.78 Å². The number of likely N-dealkylation sites (N-methyl/N-ethyl adjacent to an activating group) is 1. The molecule has 2 N–H and O–H groups in total. The fourth-order valence-electron chi connectivity index (χ4n) is 3.44. The molecule has 0 aliphatic carbocycles. The monoisotopic (exact) mass is 430 g/mol. The summed E-state index contributed by atoms with van der Waals surface area (Å²) in [7, 11) is 1.57. The van der Waals surface area contributed by atoms with Gasteiger partial charge in [0.2, 0.25) is 17.7 Å². The van der Waals surface area contributed by atoms with Crippen molar-refractivity contribution in [1.29, 1.82) is 0 Å². The van der Waals surface area contributed by atoms with Crippen LogP contribution in [-0.2, 0) is 14.4 Å². The topological polar surface area (TPSA) is 81.8 Å². The van der Waals surface area contributed by atoms with Crippen molar-refractivity contribution in [2.24, 2.45) is 0 Å². The number of amides is 3. The molecular weight excluding hydrogens is 406 g/mol. The van der Waals surface area contributed by atoms with Crippen molar-refractivity contribution in [2.75, 3.05) is 29.1 Å². The summed E-state index contributed by atoms with van der Waals surface area (Å²) in [4.78, 5) is 40.7. The minimum Gasteiger partial charge on any atom is -0.324 e. The zero-order valence-corrected chi connectivity index (χ0v) is 17.5. The lowest BCUT2D eigenvalue weighted by atomic mass is 10.1. The largest absolute Gasteiger partial charge is 0.324 e. The van der Waals surface area contributed by atoms with Crippen molar-refractivity contribution in [3.63, 3.8) is 0 Å². The highest BCUT2D eigenvalue weighted by Crippen LogP contribution is 2.31. The Morgan fingerprint density at radius 1 is 1.19 bits per heavy atom. The molecule has 0 saturated heterocycles. The highest BCUT2D eigenvalue weighted by Gasteiger charge is 2.31. The van der Waals surface area contributed by atoms with E-state index in [2.05, 4.69) is 10.6 Å². The summed E-state index contributed by atoms with van der Waals surface area (Å²) in [6.45, 7) is 3.17. The first-order valence-electron chi connectivity index (χ1n) is 9.85. The second-order valence-corrected chi connectivity index (χ2v) is 7.56. The van der Waals surface area contributed by atoms with Gasteiger partial charge in [-0.3, -0.25) is 19.3 Å². The first-order valence-corrected chi connectivity index (χ1v) is 9.85. The molecule has 2 atom stereocenters. The van der Waals surface area contributed by atoms with Crippen LogP contribution in [0.1, 0.15) is 20.3 Å². The molecule has 2 aromatic carbocycles. The number of benzene rings is 2. The summed E-state index contributed by atoms with van der Waals surface area (Å²) >= 11 is 0. The maximum absolute atomic E-state index is 13.8. The molecule has 31 heavy (non-hydrogen) atoms. The van der Waals surface area contributed by atoms with Crippen LogP contribution in [0.5, 0.6) is 0 Å². The van der Waals surface area contributed by atoms with Crippen LogP contribution in [0.2, 0.25) is 0 Å². The summed E-state index contributed by atoms with van der Waals surface area (Å²) in [6, 6.07) is 9.05. The SMILES string of the molecule is CC(C(=O)Nc1c(F)cccc1F)N(C)CC(=O)N1c2ccccc2NC(=O)CC1C. The molecule has 1 heterocycles. The van der Waals surface area contributed by atoms with E-state index in [0.717, 1.165) is 12.1 Å². The molecule has 164 valence electrons. The minimum absolute atomic E-state index is 0.132. The predicted octanol–water partition coefficient (Wildman–Crippen LogP) is 2.99. The Labute approximate surface area is 179 Å². The third-order valence-corrected chi connectivity index (χ3v) is 5.26. The lowest BCUT2D eigenvalue weighted by Crippen LogP contribution is -2.48. The van der Waals surface area contributed by atoms with E-state index in [0.29, 0.717) is 11.4 Å². The van der Waals surface area contributed by atoms with Gasteiger partial charge in [0, 0.05) is 12.5 Å². The van der Waals surface area contributed by atoms with E-state index in [1.54, 1.807) is 38.2 Å². The maximum Gasteiger partial charge on any atom is 0.241 e. The average molecular weight is 430 g/mol. The van der Waals surface area contributed by atoms with Crippen molar-refractivity contribution in [2.45, 2.75) is 32.4 Å². The Balaban J connectivity index is 1.73. The van der Waals surface area contributed by atoms with E-state index in [1.807, 2.05) is 0 Å². The molecule has 3 amide bonds. The number of halogens is 2. The number of rotatable bonds is 5. The van der Waals surface area contributed by atoms with Gasteiger partial charge in [-0.15, -0.1) is 0 Å². The lowest BCUT2D eigenvalue weighted by molar-refractivity contribution is -0.123. The zero-order valence-electron chi connectivity index (χ0n) is 17.5. The summed E-state index contributed by atoms with van der Waals surface area (Å²) in [5.41, 5.74) is 0.581. The fraction of sp³-hybridized carbons (Fsp3) is 0.318. The molecule has 2 aromatic rings. The van der Waals surface area contributed by atoms with Gasteiger partial charge in [-0.1, -0.05) is 18.2 Å².